The van der Waals surface area contributed by atoms with Gasteiger partial charge in [-0.2, -0.15) is 9.97 Å². The lowest BCUT2D eigenvalue weighted by Gasteiger charge is -2.11. The molecule has 100 valence electrons. The van der Waals surface area contributed by atoms with Crippen LogP contribution < -0.4 is 15.2 Å². The van der Waals surface area contributed by atoms with Gasteiger partial charge >= 0.3 is 0 Å². The molecule has 0 bridgehead atoms. The van der Waals surface area contributed by atoms with Crippen LogP contribution in [-0.2, 0) is 0 Å². The molecule has 0 aliphatic carbocycles. The lowest BCUT2D eigenvalue weighted by molar-refractivity contribution is 0.304. The molecule has 1 aromatic carbocycles. The Hall–Kier alpha value is -2.30. The van der Waals surface area contributed by atoms with E-state index in [9.17, 15) is 0 Å². The summed E-state index contributed by atoms with van der Waals surface area (Å²) in [6.07, 6.45) is 2.27. The maximum atomic E-state index is 5.95. The average molecular weight is 259 g/mol. The summed E-state index contributed by atoms with van der Waals surface area (Å²) < 4.78 is 11.1. The molecule has 2 rings (SSSR count). The van der Waals surface area contributed by atoms with E-state index < -0.39 is 0 Å². The standard InChI is InChI=1S/C14H17N3O2/c1-3-8-18-13-12(15)14(17-9-16-13)19-11-7-5-4-6-10(11)2/h4-7,9H,3,8,15H2,1-2H3. The van der Waals surface area contributed by atoms with Gasteiger partial charge in [0, 0.05) is 0 Å². The van der Waals surface area contributed by atoms with Crippen LogP contribution in [0.25, 0.3) is 0 Å². The molecule has 0 aliphatic rings. The summed E-state index contributed by atoms with van der Waals surface area (Å²) in [4.78, 5) is 8.05. The molecular weight excluding hydrogens is 242 g/mol. The SMILES string of the molecule is CCCOc1ncnc(Oc2ccccc2C)c1N. The molecule has 2 aromatic rings. The fourth-order valence-corrected chi connectivity index (χ4v) is 1.53. The van der Waals surface area contributed by atoms with Crippen LogP contribution in [0.3, 0.4) is 0 Å². The van der Waals surface area contributed by atoms with E-state index in [2.05, 4.69) is 9.97 Å². The zero-order valence-electron chi connectivity index (χ0n) is 11.1. The van der Waals surface area contributed by atoms with Gasteiger partial charge in [0.2, 0.25) is 11.8 Å². The Morgan fingerprint density at radius 3 is 2.63 bits per heavy atom. The Kier molecular flexibility index (Phi) is 4.18. The van der Waals surface area contributed by atoms with E-state index >= 15 is 0 Å². The lowest BCUT2D eigenvalue weighted by atomic mass is 10.2. The van der Waals surface area contributed by atoms with E-state index in [1.165, 1.54) is 6.33 Å². The number of rotatable bonds is 5. The minimum Gasteiger partial charge on any atom is -0.476 e. The molecule has 1 heterocycles. The number of nitrogens with two attached hydrogens (primary N) is 1. The van der Waals surface area contributed by atoms with E-state index in [1.54, 1.807) is 0 Å². The third-order valence-electron chi connectivity index (χ3n) is 2.55. The van der Waals surface area contributed by atoms with Crippen molar-refractivity contribution in [3.63, 3.8) is 0 Å². The summed E-state index contributed by atoms with van der Waals surface area (Å²) in [5.41, 5.74) is 7.28. The van der Waals surface area contributed by atoms with Crippen molar-refractivity contribution in [3.05, 3.63) is 36.2 Å². The number of hydrogen-bond donors (Lipinski definition) is 1. The number of hydrogen-bond acceptors (Lipinski definition) is 5. The summed E-state index contributed by atoms with van der Waals surface area (Å²) in [5.74, 6) is 1.39. The zero-order valence-corrected chi connectivity index (χ0v) is 11.1. The number of aryl methyl sites for hydroxylation is 1. The van der Waals surface area contributed by atoms with E-state index in [1.807, 2.05) is 38.1 Å². The van der Waals surface area contributed by atoms with Crippen LogP contribution in [-0.4, -0.2) is 16.6 Å². The normalized spacial score (nSPS) is 10.2. The number of ether oxygens (including phenoxy) is 2. The van der Waals surface area contributed by atoms with Crippen molar-refractivity contribution in [3.8, 4) is 17.5 Å². The molecule has 0 amide bonds. The summed E-state index contributed by atoms with van der Waals surface area (Å²) in [6.45, 7) is 4.54. The first-order valence-electron chi connectivity index (χ1n) is 6.19. The Labute approximate surface area is 112 Å². The predicted molar refractivity (Wildman–Crippen MR) is 73.5 cm³/mol. The summed E-state index contributed by atoms with van der Waals surface area (Å²) in [7, 11) is 0. The van der Waals surface area contributed by atoms with Gasteiger partial charge in [-0.25, -0.2) is 0 Å². The van der Waals surface area contributed by atoms with E-state index in [4.69, 9.17) is 15.2 Å². The first kappa shape index (κ1) is 13.1. The second-order valence-corrected chi connectivity index (χ2v) is 4.11. The van der Waals surface area contributed by atoms with Crippen molar-refractivity contribution in [1.29, 1.82) is 0 Å². The van der Waals surface area contributed by atoms with Gasteiger partial charge in [-0.15, -0.1) is 0 Å². The number of nitrogens with zero attached hydrogens (tertiary/aromatic N) is 2. The van der Waals surface area contributed by atoms with Gasteiger partial charge in [-0.3, -0.25) is 0 Å². The first-order chi connectivity index (χ1) is 9.22. The molecule has 0 aliphatic heterocycles. The monoisotopic (exact) mass is 259 g/mol. The van der Waals surface area contributed by atoms with Gasteiger partial charge in [0.05, 0.1) is 6.61 Å². The van der Waals surface area contributed by atoms with Crippen LogP contribution >= 0.6 is 0 Å². The van der Waals surface area contributed by atoms with E-state index in [0.717, 1.165) is 12.0 Å². The minimum atomic E-state index is 0.315. The number of anilines is 1. The molecule has 0 saturated heterocycles. The van der Waals surface area contributed by atoms with Crippen LogP contribution in [0.15, 0.2) is 30.6 Å². The number of benzene rings is 1. The van der Waals surface area contributed by atoms with Crippen molar-refractivity contribution in [2.24, 2.45) is 0 Å². The van der Waals surface area contributed by atoms with E-state index in [-0.39, 0.29) is 0 Å². The third-order valence-corrected chi connectivity index (χ3v) is 2.55. The van der Waals surface area contributed by atoms with Crippen LogP contribution in [0.5, 0.6) is 17.5 Å². The van der Waals surface area contributed by atoms with Gasteiger partial charge in [0.25, 0.3) is 0 Å². The average Bonchev–Trinajstić information content (AvgIpc) is 2.42. The topological polar surface area (TPSA) is 70.3 Å². The highest BCUT2D eigenvalue weighted by atomic mass is 16.5. The first-order valence-corrected chi connectivity index (χ1v) is 6.19. The quantitative estimate of drug-likeness (QED) is 0.893. The maximum Gasteiger partial charge on any atom is 0.249 e. The van der Waals surface area contributed by atoms with Crippen LogP contribution in [0.1, 0.15) is 18.9 Å². The summed E-state index contributed by atoms with van der Waals surface area (Å²) in [5, 5.41) is 0. The molecule has 5 heteroatoms. The molecule has 0 unspecified atom stereocenters. The van der Waals surface area contributed by atoms with Crippen LogP contribution in [0, 0.1) is 6.92 Å². The minimum absolute atomic E-state index is 0.315. The van der Waals surface area contributed by atoms with Crippen molar-refractivity contribution >= 4 is 5.69 Å². The second kappa shape index (κ2) is 6.04. The van der Waals surface area contributed by atoms with Gasteiger partial charge in [0.15, 0.2) is 5.69 Å². The molecule has 1 aromatic heterocycles. The number of nitrogen functional groups attached to an aromatic ring is 1. The van der Waals surface area contributed by atoms with E-state index in [0.29, 0.717) is 29.8 Å². The van der Waals surface area contributed by atoms with Gasteiger partial charge in [-0.05, 0) is 25.0 Å². The summed E-state index contributed by atoms with van der Waals surface area (Å²) in [6, 6.07) is 7.67. The summed E-state index contributed by atoms with van der Waals surface area (Å²) >= 11 is 0. The Morgan fingerprint density at radius 1 is 1.16 bits per heavy atom. The van der Waals surface area contributed by atoms with Crippen LogP contribution in [0.2, 0.25) is 0 Å². The largest absolute Gasteiger partial charge is 0.476 e. The van der Waals surface area contributed by atoms with Crippen molar-refractivity contribution < 1.29 is 9.47 Å². The Balaban J connectivity index is 2.23. The fourth-order valence-electron chi connectivity index (χ4n) is 1.53. The molecule has 2 N–H and O–H groups in total. The number of aromatic nitrogens is 2. The smallest absolute Gasteiger partial charge is 0.249 e. The molecule has 5 nitrogen and oxygen atoms in total. The molecule has 0 atom stereocenters. The van der Waals surface area contributed by atoms with Crippen molar-refractivity contribution in [1.82, 2.24) is 9.97 Å². The molecule has 0 fully saturated rings. The number of para-hydroxylation sites is 1. The third kappa shape index (κ3) is 3.13. The molecular formula is C14H17N3O2. The highest BCUT2D eigenvalue weighted by Crippen LogP contribution is 2.31. The highest BCUT2D eigenvalue weighted by molar-refractivity contribution is 5.57. The van der Waals surface area contributed by atoms with Gasteiger partial charge < -0.3 is 15.2 Å². The molecule has 0 spiro atoms. The Morgan fingerprint density at radius 2 is 1.89 bits per heavy atom. The predicted octanol–water partition coefficient (Wildman–Crippen LogP) is 2.95. The van der Waals surface area contributed by atoms with Crippen molar-refractivity contribution in [2.45, 2.75) is 20.3 Å². The Bertz CT molecular complexity index is 558. The molecule has 19 heavy (non-hydrogen) atoms. The second-order valence-electron chi connectivity index (χ2n) is 4.11. The van der Waals surface area contributed by atoms with Gasteiger partial charge in [-0.1, -0.05) is 25.1 Å². The van der Waals surface area contributed by atoms with Crippen molar-refractivity contribution in [2.75, 3.05) is 12.3 Å². The molecule has 0 saturated carbocycles. The fraction of sp³-hybridized carbons (Fsp3) is 0.286. The maximum absolute atomic E-state index is 5.95. The zero-order chi connectivity index (χ0) is 13.7. The lowest BCUT2D eigenvalue weighted by Crippen LogP contribution is -2.04. The highest BCUT2D eigenvalue weighted by Gasteiger charge is 2.12. The van der Waals surface area contributed by atoms with Gasteiger partial charge in [0.1, 0.15) is 12.1 Å². The molecule has 0 radical (unpaired) electrons. The van der Waals surface area contributed by atoms with Crippen LogP contribution in [0.4, 0.5) is 5.69 Å².